The average molecular weight is 390 g/mol. The monoisotopic (exact) mass is 390 g/mol. The van der Waals surface area contributed by atoms with Crippen LogP contribution >= 0.6 is 0 Å². The lowest BCUT2D eigenvalue weighted by Gasteiger charge is -2.17. The third-order valence-electron chi connectivity index (χ3n) is 4.72. The van der Waals surface area contributed by atoms with Crippen LogP contribution in [0.2, 0.25) is 0 Å². The van der Waals surface area contributed by atoms with Crippen LogP contribution in [-0.4, -0.2) is 48.0 Å². The molecular weight excluding hydrogens is 364 g/mol. The first-order valence-electron chi connectivity index (χ1n) is 9.63. The van der Waals surface area contributed by atoms with E-state index >= 15 is 0 Å². The fourth-order valence-electron chi connectivity index (χ4n) is 2.92. The summed E-state index contributed by atoms with van der Waals surface area (Å²) in [6, 6.07) is 15.6. The summed E-state index contributed by atoms with van der Waals surface area (Å²) in [6.07, 6.45) is 6.83. The van der Waals surface area contributed by atoms with Gasteiger partial charge < -0.3 is 15.0 Å². The third kappa shape index (κ3) is 6.04. The zero-order valence-electron chi connectivity index (χ0n) is 16.8. The van der Waals surface area contributed by atoms with E-state index < -0.39 is 0 Å². The molecule has 0 saturated carbocycles. The standard InChI is InChI=1S/C23H26N4O2/c1-27(16-12-19-9-13-24-14-10-19)23(28)20-5-8-22(26-17-20)25-15-11-18-3-6-21(29-2)7-4-18/h3-10,13-14,17H,11-12,15-16H2,1-2H3,(H,25,26). The van der Waals surface area contributed by atoms with Gasteiger partial charge in [0.15, 0.2) is 0 Å². The van der Waals surface area contributed by atoms with Gasteiger partial charge >= 0.3 is 0 Å². The van der Waals surface area contributed by atoms with Gasteiger partial charge in [0.1, 0.15) is 11.6 Å². The van der Waals surface area contributed by atoms with E-state index in [-0.39, 0.29) is 5.91 Å². The number of aromatic nitrogens is 2. The Morgan fingerprint density at radius 2 is 1.72 bits per heavy atom. The molecule has 3 aromatic rings. The Morgan fingerprint density at radius 3 is 2.38 bits per heavy atom. The smallest absolute Gasteiger partial charge is 0.255 e. The van der Waals surface area contributed by atoms with Crippen molar-refractivity contribution in [3.8, 4) is 5.75 Å². The SMILES string of the molecule is COc1ccc(CCNc2ccc(C(=O)N(C)CCc3ccncc3)cn2)cc1. The van der Waals surface area contributed by atoms with Gasteiger partial charge in [0.2, 0.25) is 0 Å². The first kappa shape index (κ1) is 20.3. The zero-order chi connectivity index (χ0) is 20.5. The summed E-state index contributed by atoms with van der Waals surface area (Å²) >= 11 is 0. The summed E-state index contributed by atoms with van der Waals surface area (Å²) in [4.78, 5) is 22.7. The van der Waals surface area contributed by atoms with Gasteiger partial charge in [0.25, 0.3) is 5.91 Å². The Kier molecular flexibility index (Phi) is 7.16. The number of benzene rings is 1. The van der Waals surface area contributed by atoms with Crippen molar-refractivity contribution in [3.05, 3.63) is 83.8 Å². The Labute approximate surface area is 171 Å². The number of carbonyl (C=O) groups excluding carboxylic acids is 1. The predicted octanol–water partition coefficient (Wildman–Crippen LogP) is 3.45. The molecule has 0 aliphatic heterocycles. The van der Waals surface area contributed by atoms with Crippen molar-refractivity contribution in [3.63, 3.8) is 0 Å². The molecule has 0 atom stereocenters. The minimum atomic E-state index is -0.0312. The minimum absolute atomic E-state index is 0.0312. The molecule has 1 amide bonds. The van der Waals surface area contributed by atoms with Crippen LogP contribution in [0, 0.1) is 0 Å². The number of ether oxygens (including phenoxy) is 1. The van der Waals surface area contributed by atoms with Crippen LogP contribution in [0.1, 0.15) is 21.5 Å². The number of hydrogen-bond donors (Lipinski definition) is 1. The highest BCUT2D eigenvalue weighted by molar-refractivity contribution is 5.93. The molecule has 0 radical (unpaired) electrons. The van der Waals surface area contributed by atoms with Gasteiger partial charge in [0, 0.05) is 38.7 Å². The summed E-state index contributed by atoms with van der Waals surface area (Å²) in [5, 5.41) is 3.29. The van der Waals surface area contributed by atoms with Crippen molar-refractivity contribution in [2.45, 2.75) is 12.8 Å². The van der Waals surface area contributed by atoms with Gasteiger partial charge in [-0.05, 0) is 60.4 Å². The molecule has 6 nitrogen and oxygen atoms in total. The quantitative estimate of drug-likeness (QED) is 0.606. The van der Waals surface area contributed by atoms with Crippen LogP contribution < -0.4 is 10.1 Å². The van der Waals surface area contributed by atoms with E-state index in [1.807, 2.05) is 43.4 Å². The summed E-state index contributed by atoms with van der Waals surface area (Å²) in [7, 11) is 3.47. The largest absolute Gasteiger partial charge is 0.497 e. The topological polar surface area (TPSA) is 67.3 Å². The van der Waals surface area contributed by atoms with Gasteiger partial charge in [-0.25, -0.2) is 4.98 Å². The van der Waals surface area contributed by atoms with Gasteiger partial charge in [-0.15, -0.1) is 0 Å². The number of nitrogens with one attached hydrogen (secondary N) is 1. The highest BCUT2D eigenvalue weighted by atomic mass is 16.5. The maximum Gasteiger partial charge on any atom is 0.255 e. The Balaban J connectivity index is 1.46. The Morgan fingerprint density at radius 1 is 1.00 bits per heavy atom. The highest BCUT2D eigenvalue weighted by Crippen LogP contribution is 2.12. The predicted molar refractivity (Wildman–Crippen MR) is 114 cm³/mol. The summed E-state index contributed by atoms with van der Waals surface area (Å²) in [6.45, 7) is 1.41. The van der Waals surface area contributed by atoms with Crippen LogP contribution in [0.4, 0.5) is 5.82 Å². The van der Waals surface area contributed by atoms with Crippen LogP contribution in [0.25, 0.3) is 0 Å². The molecule has 0 fully saturated rings. The molecule has 2 aromatic heterocycles. The van der Waals surface area contributed by atoms with E-state index in [4.69, 9.17) is 4.74 Å². The van der Waals surface area contributed by atoms with E-state index in [2.05, 4.69) is 27.4 Å². The molecule has 1 aromatic carbocycles. The Hall–Kier alpha value is -3.41. The number of pyridine rings is 2. The van der Waals surface area contributed by atoms with E-state index in [1.165, 1.54) is 5.56 Å². The summed E-state index contributed by atoms with van der Waals surface area (Å²) < 4.78 is 5.17. The molecule has 0 bridgehead atoms. The normalized spacial score (nSPS) is 10.4. The minimum Gasteiger partial charge on any atom is -0.497 e. The molecule has 0 saturated heterocycles. The molecule has 150 valence electrons. The van der Waals surface area contributed by atoms with Crippen molar-refractivity contribution >= 4 is 11.7 Å². The van der Waals surface area contributed by atoms with Crippen LogP contribution in [0.3, 0.4) is 0 Å². The second-order valence-corrected chi connectivity index (χ2v) is 6.79. The number of amides is 1. The van der Waals surface area contributed by atoms with Crippen molar-refractivity contribution in [2.24, 2.45) is 0 Å². The molecule has 0 spiro atoms. The number of likely N-dealkylation sites (N-methyl/N-ethyl adjacent to an activating group) is 1. The maximum atomic E-state index is 12.6. The van der Waals surface area contributed by atoms with Gasteiger partial charge in [0.05, 0.1) is 12.7 Å². The van der Waals surface area contributed by atoms with Gasteiger partial charge in [-0.2, -0.15) is 0 Å². The lowest BCUT2D eigenvalue weighted by atomic mass is 10.1. The van der Waals surface area contributed by atoms with Crippen LogP contribution in [0.5, 0.6) is 5.75 Å². The van der Waals surface area contributed by atoms with Crippen LogP contribution in [-0.2, 0) is 12.8 Å². The lowest BCUT2D eigenvalue weighted by molar-refractivity contribution is 0.0796. The summed E-state index contributed by atoms with van der Waals surface area (Å²) in [5.41, 5.74) is 2.97. The fourth-order valence-corrected chi connectivity index (χ4v) is 2.92. The summed E-state index contributed by atoms with van der Waals surface area (Å²) in [5.74, 6) is 1.58. The van der Waals surface area contributed by atoms with Crippen molar-refractivity contribution in [1.82, 2.24) is 14.9 Å². The molecule has 2 heterocycles. The fraction of sp³-hybridized carbons (Fsp3) is 0.261. The van der Waals surface area contributed by atoms with Crippen LogP contribution in [0.15, 0.2) is 67.1 Å². The van der Waals surface area contributed by atoms with E-state index in [0.717, 1.165) is 36.5 Å². The molecule has 1 N–H and O–H groups in total. The van der Waals surface area contributed by atoms with Crippen molar-refractivity contribution in [2.75, 3.05) is 32.6 Å². The number of carbonyl (C=O) groups is 1. The first-order chi connectivity index (χ1) is 14.2. The van der Waals surface area contributed by atoms with E-state index in [0.29, 0.717) is 12.1 Å². The van der Waals surface area contributed by atoms with Crippen molar-refractivity contribution in [1.29, 1.82) is 0 Å². The molecule has 6 heteroatoms. The zero-order valence-corrected chi connectivity index (χ0v) is 16.8. The molecule has 0 aliphatic carbocycles. The number of hydrogen-bond acceptors (Lipinski definition) is 5. The second kappa shape index (κ2) is 10.2. The molecule has 29 heavy (non-hydrogen) atoms. The molecular formula is C23H26N4O2. The first-order valence-corrected chi connectivity index (χ1v) is 9.63. The number of anilines is 1. The molecule has 0 unspecified atom stereocenters. The van der Waals surface area contributed by atoms with E-state index in [9.17, 15) is 4.79 Å². The number of rotatable bonds is 9. The highest BCUT2D eigenvalue weighted by Gasteiger charge is 2.12. The van der Waals surface area contributed by atoms with E-state index in [1.54, 1.807) is 30.6 Å². The number of nitrogens with zero attached hydrogens (tertiary/aromatic N) is 3. The molecule has 3 rings (SSSR count). The maximum absolute atomic E-state index is 12.6. The van der Waals surface area contributed by atoms with Gasteiger partial charge in [-0.3, -0.25) is 9.78 Å². The Bertz CT molecular complexity index is 896. The number of methoxy groups -OCH3 is 1. The second-order valence-electron chi connectivity index (χ2n) is 6.79. The van der Waals surface area contributed by atoms with Gasteiger partial charge in [-0.1, -0.05) is 12.1 Å². The third-order valence-corrected chi connectivity index (χ3v) is 4.72. The van der Waals surface area contributed by atoms with Crippen molar-refractivity contribution < 1.29 is 9.53 Å². The lowest BCUT2D eigenvalue weighted by Crippen LogP contribution is -2.29. The molecule has 0 aliphatic rings. The average Bonchev–Trinajstić information content (AvgIpc) is 2.78.